The first-order chi connectivity index (χ1) is 12.0. The molecule has 1 aliphatic rings. The van der Waals surface area contributed by atoms with Gasteiger partial charge in [-0.3, -0.25) is 9.69 Å². The molecule has 1 fully saturated rings. The number of aryl methyl sites for hydroxylation is 1. The third kappa shape index (κ3) is 3.65. The standard InChI is InChI=1S/C19H15NO3S2/c1-2-12-3-5-13(6-4-12)11-16-17(21)20(19(24)25-16)15-9-7-14(8-10-15)18(22)23/h3-11H,2H2,1H3,(H,22,23)/p-1. The third-order valence-corrected chi connectivity index (χ3v) is 5.14. The SMILES string of the molecule is CCc1ccc(C=C2SC(=S)N(c3ccc(C(=O)[O-])cc3)C2=O)cc1. The summed E-state index contributed by atoms with van der Waals surface area (Å²) >= 11 is 6.55. The number of aromatic carboxylic acids is 1. The number of carboxylic acids is 1. The minimum Gasteiger partial charge on any atom is -0.545 e. The molecule has 0 spiro atoms. The maximum Gasteiger partial charge on any atom is 0.270 e. The lowest BCUT2D eigenvalue weighted by Gasteiger charge is -2.15. The van der Waals surface area contributed by atoms with Crippen molar-refractivity contribution in [2.75, 3.05) is 4.90 Å². The van der Waals surface area contributed by atoms with Gasteiger partial charge in [0.05, 0.1) is 16.6 Å². The van der Waals surface area contributed by atoms with Crippen LogP contribution in [0.2, 0.25) is 0 Å². The zero-order valence-corrected chi connectivity index (χ0v) is 15.0. The first kappa shape index (κ1) is 17.4. The maximum absolute atomic E-state index is 12.7. The molecule has 0 unspecified atom stereocenters. The molecule has 0 aliphatic carbocycles. The van der Waals surface area contributed by atoms with Crippen LogP contribution in [0.3, 0.4) is 0 Å². The largest absolute Gasteiger partial charge is 0.545 e. The second-order valence-electron chi connectivity index (χ2n) is 5.45. The molecule has 126 valence electrons. The van der Waals surface area contributed by atoms with Gasteiger partial charge in [-0.1, -0.05) is 67.3 Å². The van der Waals surface area contributed by atoms with Crippen LogP contribution >= 0.6 is 24.0 Å². The molecule has 1 aliphatic heterocycles. The number of thioether (sulfide) groups is 1. The lowest BCUT2D eigenvalue weighted by molar-refractivity contribution is -0.255. The summed E-state index contributed by atoms with van der Waals surface area (Å²) in [6.07, 6.45) is 2.78. The Kier molecular flexibility index (Phi) is 5.01. The van der Waals surface area contributed by atoms with E-state index in [-0.39, 0.29) is 11.5 Å². The van der Waals surface area contributed by atoms with E-state index in [0.717, 1.165) is 12.0 Å². The van der Waals surface area contributed by atoms with Gasteiger partial charge in [-0.05, 0) is 41.3 Å². The molecule has 6 heteroatoms. The highest BCUT2D eigenvalue weighted by Crippen LogP contribution is 2.36. The van der Waals surface area contributed by atoms with E-state index in [2.05, 4.69) is 6.92 Å². The molecule has 1 amide bonds. The minimum atomic E-state index is -1.26. The minimum absolute atomic E-state index is 0.0562. The number of carbonyl (C=O) groups is 2. The molecule has 2 aromatic rings. The topological polar surface area (TPSA) is 60.4 Å². The van der Waals surface area contributed by atoms with Gasteiger partial charge in [0.15, 0.2) is 4.32 Å². The molecular weight excluding hydrogens is 354 g/mol. The predicted molar refractivity (Wildman–Crippen MR) is 102 cm³/mol. The van der Waals surface area contributed by atoms with E-state index in [1.807, 2.05) is 30.3 Å². The highest BCUT2D eigenvalue weighted by atomic mass is 32.2. The zero-order valence-electron chi connectivity index (χ0n) is 13.4. The van der Waals surface area contributed by atoms with Gasteiger partial charge in [-0.2, -0.15) is 0 Å². The molecule has 2 aromatic carbocycles. The van der Waals surface area contributed by atoms with Crippen molar-refractivity contribution >= 4 is 51.9 Å². The first-order valence-electron chi connectivity index (χ1n) is 7.68. The Morgan fingerprint density at radius 1 is 1.16 bits per heavy atom. The van der Waals surface area contributed by atoms with Crippen LogP contribution in [0.15, 0.2) is 53.4 Å². The molecule has 25 heavy (non-hydrogen) atoms. The number of anilines is 1. The van der Waals surface area contributed by atoms with Crippen LogP contribution < -0.4 is 10.0 Å². The van der Waals surface area contributed by atoms with Crippen molar-refractivity contribution in [3.05, 3.63) is 70.1 Å². The van der Waals surface area contributed by atoms with Crippen LogP contribution in [-0.2, 0) is 11.2 Å². The number of nitrogens with zero attached hydrogens (tertiary/aromatic N) is 1. The van der Waals surface area contributed by atoms with Crippen molar-refractivity contribution in [2.24, 2.45) is 0 Å². The van der Waals surface area contributed by atoms with E-state index in [9.17, 15) is 14.7 Å². The van der Waals surface area contributed by atoms with Crippen molar-refractivity contribution in [1.29, 1.82) is 0 Å². The van der Waals surface area contributed by atoms with E-state index in [0.29, 0.717) is 14.9 Å². The summed E-state index contributed by atoms with van der Waals surface area (Å²) in [5.41, 5.74) is 2.76. The van der Waals surface area contributed by atoms with Crippen LogP contribution in [0.5, 0.6) is 0 Å². The van der Waals surface area contributed by atoms with Crippen molar-refractivity contribution in [3.63, 3.8) is 0 Å². The number of amides is 1. The quantitative estimate of drug-likeness (QED) is 0.613. The highest BCUT2D eigenvalue weighted by molar-refractivity contribution is 8.27. The van der Waals surface area contributed by atoms with Gasteiger partial charge in [0.2, 0.25) is 0 Å². The zero-order chi connectivity index (χ0) is 18.0. The molecule has 0 saturated carbocycles. The average molecular weight is 368 g/mol. The smallest absolute Gasteiger partial charge is 0.270 e. The molecule has 4 nitrogen and oxygen atoms in total. The van der Waals surface area contributed by atoms with Crippen LogP contribution in [0.25, 0.3) is 6.08 Å². The average Bonchev–Trinajstić information content (AvgIpc) is 2.89. The Hall–Kier alpha value is -2.44. The molecule has 0 aromatic heterocycles. The Morgan fingerprint density at radius 3 is 2.36 bits per heavy atom. The Balaban J connectivity index is 1.86. The fourth-order valence-electron chi connectivity index (χ4n) is 2.44. The first-order valence-corrected chi connectivity index (χ1v) is 8.90. The van der Waals surface area contributed by atoms with Crippen molar-refractivity contribution in [3.8, 4) is 0 Å². The van der Waals surface area contributed by atoms with Crippen LogP contribution in [-0.4, -0.2) is 16.2 Å². The Bertz CT molecular complexity index is 871. The van der Waals surface area contributed by atoms with E-state index in [1.54, 1.807) is 12.1 Å². The Labute approximate surface area is 155 Å². The van der Waals surface area contributed by atoms with Crippen LogP contribution in [0, 0.1) is 0 Å². The molecule has 0 radical (unpaired) electrons. The number of carbonyl (C=O) groups excluding carboxylic acids is 2. The lowest BCUT2D eigenvalue weighted by atomic mass is 10.1. The maximum atomic E-state index is 12.7. The molecule has 0 N–H and O–H groups in total. The number of thiocarbonyl (C=S) groups is 1. The Morgan fingerprint density at radius 2 is 1.80 bits per heavy atom. The molecular formula is C19H14NO3S2-. The summed E-state index contributed by atoms with van der Waals surface area (Å²) < 4.78 is 0.419. The summed E-state index contributed by atoms with van der Waals surface area (Å²) in [7, 11) is 0. The van der Waals surface area contributed by atoms with Gasteiger partial charge < -0.3 is 9.90 Å². The third-order valence-electron chi connectivity index (χ3n) is 3.84. The van der Waals surface area contributed by atoms with Gasteiger partial charge >= 0.3 is 0 Å². The van der Waals surface area contributed by atoms with Gasteiger partial charge in [0, 0.05) is 0 Å². The van der Waals surface area contributed by atoms with E-state index >= 15 is 0 Å². The fraction of sp³-hybridized carbons (Fsp3) is 0.105. The van der Waals surface area contributed by atoms with Crippen molar-refractivity contribution < 1.29 is 14.7 Å². The molecule has 3 rings (SSSR count). The number of hydrogen-bond donors (Lipinski definition) is 0. The molecule has 0 bridgehead atoms. The van der Waals surface area contributed by atoms with E-state index < -0.39 is 5.97 Å². The van der Waals surface area contributed by atoms with Crippen LogP contribution in [0.4, 0.5) is 5.69 Å². The van der Waals surface area contributed by atoms with Gasteiger partial charge in [-0.25, -0.2) is 0 Å². The van der Waals surface area contributed by atoms with Crippen LogP contribution in [0.1, 0.15) is 28.4 Å². The normalized spacial score (nSPS) is 15.9. The number of benzene rings is 2. The van der Waals surface area contributed by atoms with Gasteiger partial charge in [0.1, 0.15) is 0 Å². The molecule has 1 saturated heterocycles. The van der Waals surface area contributed by atoms with Crippen molar-refractivity contribution in [2.45, 2.75) is 13.3 Å². The van der Waals surface area contributed by atoms with E-state index in [4.69, 9.17) is 12.2 Å². The highest BCUT2D eigenvalue weighted by Gasteiger charge is 2.33. The molecule has 1 heterocycles. The van der Waals surface area contributed by atoms with E-state index in [1.165, 1.54) is 34.4 Å². The monoisotopic (exact) mass is 368 g/mol. The summed E-state index contributed by atoms with van der Waals surface area (Å²) in [6.45, 7) is 2.09. The molecule has 0 atom stereocenters. The lowest BCUT2D eigenvalue weighted by Crippen LogP contribution is -2.28. The summed E-state index contributed by atoms with van der Waals surface area (Å²) in [5.74, 6) is -1.47. The summed E-state index contributed by atoms with van der Waals surface area (Å²) in [4.78, 5) is 25.5. The summed E-state index contributed by atoms with van der Waals surface area (Å²) in [6, 6.07) is 13.9. The second-order valence-corrected chi connectivity index (χ2v) is 7.12. The number of hydrogen-bond acceptors (Lipinski definition) is 5. The number of carboxylic acid groups (broad SMARTS) is 1. The van der Waals surface area contributed by atoms with Gasteiger partial charge in [-0.15, -0.1) is 0 Å². The predicted octanol–water partition coefficient (Wildman–Crippen LogP) is 3.02. The van der Waals surface area contributed by atoms with Gasteiger partial charge in [0.25, 0.3) is 5.91 Å². The fourth-order valence-corrected chi connectivity index (χ4v) is 3.74. The summed E-state index contributed by atoms with van der Waals surface area (Å²) in [5, 5.41) is 10.8. The van der Waals surface area contributed by atoms with Crippen molar-refractivity contribution in [1.82, 2.24) is 0 Å². The number of rotatable bonds is 4. The second kappa shape index (κ2) is 7.21.